The summed E-state index contributed by atoms with van der Waals surface area (Å²) in [5.41, 5.74) is 5.42. The molecule has 0 spiro atoms. The van der Waals surface area contributed by atoms with E-state index in [9.17, 15) is 0 Å². The number of fused-ring (bicyclic) bond motifs is 1. The normalized spacial score (nSPS) is 11.2. The maximum atomic E-state index is 5.42. The third-order valence-electron chi connectivity index (χ3n) is 1.76. The van der Waals surface area contributed by atoms with Crippen molar-refractivity contribution in [3.05, 3.63) is 10.8 Å². The van der Waals surface area contributed by atoms with Crippen molar-refractivity contribution >= 4 is 16.3 Å². The Morgan fingerprint density at radius 1 is 1.46 bits per heavy atom. The highest BCUT2D eigenvalue weighted by molar-refractivity contribution is 7.16. The number of aromatic nitrogens is 4. The molecular formula is C7H11N5S. The molecule has 0 aliphatic heterocycles. The minimum absolute atomic E-state index is 0.679. The molecule has 6 heteroatoms. The summed E-state index contributed by atoms with van der Waals surface area (Å²) in [6.45, 7) is 2.64. The van der Waals surface area contributed by atoms with Crippen molar-refractivity contribution in [1.82, 2.24) is 19.8 Å². The fourth-order valence-corrected chi connectivity index (χ4v) is 1.87. The molecule has 0 aliphatic rings. The molecule has 2 N–H and O–H groups in total. The van der Waals surface area contributed by atoms with E-state index >= 15 is 0 Å². The number of rotatable bonds is 3. The Morgan fingerprint density at radius 3 is 3.08 bits per heavy atom. The maximum Gasteiger partial charge on any atom is 0.234 e. The van der Waals surface area contributed by atoms with Gasteiger partial charge in [-0.3, -0.25) is 0 Å². The van der Waals surface area contributed by atoms with Crippen molar-refractivity contribution in [2.75, 3.05) is 6.54 Å². The maximum absolute atomic E-state index is 5.42. The van der Waals surface area contributed by atoms with Crippen molar-refractivity contribution in [3.8, 4) is 0 Å². The molecule has 0 saturated heterocycles. The molecule has 0 amide bonds. The quantitative estimate of drug-likeness (QED) is 0.772. The largest absolute Gasteiger partial charge is 0.330 e. The first-order valence-corrected chi connectivity index (χ1v) is 5.00. The van der Waals surface area contributed by atoms with Gasteiger partial charge in [-0.15, -0.1) is 10.2 Å². The van der Waals surface area contributed by atoms with E-state index in [0.717, 1.165) is 28.6 Å². The van der Waals surface area contributed by atoms with Gasteiger partial charge in [-0.1, -0.05) is 11.3 Å². The second-order valence-electron chi connectivity index (χ2n) is 2.82. The Labute approximate surface area is 79.6 Å². The summed E-state index contributed by atoms with van der Waals surface area (Å²) >= 11 is 1.55. The van der Waals surface area contributed by atoms with E-state index in [2.05, 4.69) is 15.3 Å². The fraction of sp³-hybridized carbons (Fsp3) is 0.571. The number of aryl methyl sites for hydroxylation is 2. The van der Waals surface area contributed by atoms with Gasteiger partial charge in [0.05, 0.1) is 0 Å². The molecule has 0 atom stereocenters. The van der Waals surface area contributed by atoms with Crippen LogP contribution < -0.4 is 5.73 Å². The van der Waals surface area contributed by atoms with Gasteiger partial charge < -0.3 is 5.73 Å². The molecule has 13 heavy (non-hydrogen) atoms. The Morgan fingerprint density at radius 2 is 2.31 bits per heavy atom. The SMILES string of the molecule is Cc1nn2c(CCCN)nnc2s1. The van der Waals surface area contributed by atoms with Crippen LogP contribution in [0.5, 0.6) is 0 Å². The predicted molar refractivity (Wildman–Crippen MR) is 50.8 cm³/mol. The van der Waals surface area contributed by atoms with E-state index in [1.165, 1.54) is 0 Å². The zero-order valence-corrected chi connectivity index (χ0v) is 8.21. The average molecular weight is 197 g/mol. The van der Waals surface area contributed by atoms with Gasteiger partial charge in [0.15, 0.2) is 5.82 Å². The van der Waals surface area contributed by atoms with Gasteiger partial charge in [-0.2, -0.15) is 9.61 Å². The van der Waals surface area contributed by atoms with Crippen molar-refractivity contribution in [2.24, 2.45) is 5.73 Å². The topological polar surface area (TPSA) is 69.1 Å². The summed E-state index contributed by atoms with van der Waals surface area (Å²) in [7, 11) is 0. The number of hydrogen-bond donors (Lipinski definition) is 1. The van der Waals surface area contributed by atoms with Gasteiger partial charge in [0.1, 0.15) is 5.01 Å². The second-order valence-corrected chi connectivity index (χ2v) is 3.98. The lowest BCUT2D eigenvalue weighted by molar-refractivity contribution is 0.740. The summed E-state index contributed by atoms with van der Waals surface area (Å²) < 4.78 is 1.80. The third-order valence-corrected chi connectivity index (χ3v) is 2.58. The molecule has 2 heterocycles. The van der Waals surface area contributed by atoms with Crippen LogP contribution in [0.15, 0.2) is 0 Å². The average Bonchev–Trinajstić information content (AvgIpc) is 2.61. The van der Waals surface area contributed by atoms with Gasteiger partial charge in [0.2, 0.25) is 4.96 Å². The Balaban J connectivity index is 2.33. The predicted octanol–water partition coefficient (Wildman–Crippen LogP) is 0.386. The summed E-state index contributed by atoms with van der Waals surface area (Å²) in [6, 6.07) is 0. The van der Waals surface area contributed by atoms with Crippen LogP contribution in [0.25, 0.3) is 4.96 Å². The zero-order chi connectivity index (χ0) is 9.26. The number of nitrogens with two attached hydrogens (primary N) is 1. The molecule has 5 nitrogen and oxygen atoms in total. The van der Waals surface area contributed by atoms with Gasteiger partial charge in [0, 0.05) is 6.42 Å². The van der Waals surface area contributed by atoms with Crippen molar-refractivity contribution < 1.29 is 0 Å². The van der Waals surface area contributed by atoms with Gasteiger partial charge in [-0.05, 0) is 19.9 Å². The summed E-state index contributed by atoms with van der Waals surface area (Å²) in [6.07, 6.45) is 1.78. The van der Waals surface area contributed by atoms with E-state index < -0.39 is 0 Å². The first-order chi connectivity index (χ1) is 6.31. The Kier molecular flexibility index (Phi) is 2.24. The summed E-state index contributed by atoms with van der Waals surface area (Å²) in [5, 5.41) is 13.4. The van der Waals surface area contributed by atoms with E-state index in [1.54, 1.807) is 15.9 Å². The molecule has 0 fully saturated rings. The van der Waals surface area contributed by atoms with Gasteiger partial charge in [0.25, 0.3) is 0 Å². The summed E-state index contributed by atoms with van der Waals surface area (Å²) in [5.74, 6) is 0.907. The molecule has 2 aromatic heterocycles. The van der Waals surface area contributed by atoms with Crippen LogP contribution in [0.3, 0.4) is 0 Å². The van der Waals surface area contributed by atoms with E-state index in [4.69, 9.17) is 5.73 Å². The van der Waals surface area contributed by atoms with Crippen LogP contribution >= 0.6 is 11.3 Å². The molecule has 0 radical (unpaired) electrons. The van der Waals surface area contributed by atoms with Crippen molar-refractivity contribution in [3.63, 3.8) is 0 Å². The number of nitrogens with zero attached hydrogens (tertiary/aromatic N) is 4. The first kappa shape index (κ1) is 8.58. The van der Waals surface area contributed by atoms with Crippen LogP contribution in [0.4, 0.5) is 0 Å². The lowest BCUT2D eigenvalue weighted by Gasteiger charge is -1.92. The van der Waals surface area contributed by atoms with Crippen LogP contribution in [0.1, 0.15) is 17.3 Å². The van der Waals surface area contributed by atoms with E-state index in [0.29, 0.717) is 6.54 Å². The van der Waals surface area contributed by atoms with E-state index in [1.807, 2.05) is 6.92 Å². The summed E-state index contributed by atoms with van der Waals surface area (Å²) in [4.78, 5) is 0.865. The minimum atomic E-state index is 0.679. The molecule has 0 bridgehead atoms. The molecule has 0 unspecified atom stereocenters. The first-order valence-electron chi connectivity index (χ1n) is 4.19. The highest BCUT2D eigenvalue weighted by Crippen LogP contribution is 2.12. The smallest absolute Gasteiger partial charge is 0.234 e. The van der Waals surface area contributed by atoms with Crippen molar-refractivity contribution in [1.29, 1.82) is 0 Å². The molecular weight excluding hydrogens is 186 g/mol. The highest BCUT2D eigenvalue weighted by Gasteiger charge is 2.08. The second kappa shape index (κ2) is 3.39. The zero-order valence-electron chi connectivity index (χ0n) is 7.40. The lowest BCUT2D eigenvalue weighted by atomic mass is 10.3. The number of hydrogen-bond acceptors (Lipinski definition) is 5. The lowest BCUT2D eigenvalue weighted by Crippen LogP contribution is -2.03. The van der Waals surface area contributed by atoms with Crippen molar-refractivity contribution in [2.45, 2.75) is 19.8 Å². The Hall–Kier alpha value is -1.01. The monoisotopic (exact) mass is 197 g/mol. The standard InChI is InChI=1S/C7H11N5S/c1-5-11-12-6(3-2-4-8)9-10-7(12)13-5/h2-4,8H2,1H3. The molecule has 0 saturated carbocycles. The molecule has 2 aromatic rings. The fourth-order valence-electron chi connectivity index (χ4n) is 1.17. The van der Waals surface area contributed by atoms with Crippen LogP contribution in [-0.2, 0) is 6.42 Å². The molecule has 70 valence electrons. The molecule has 0 aliphatic carbocycles. The van der Waals surface area contributed by atoms with Crippen LogP contribution in [0, 0.1) is 6.92 Å². The van der Waals surface area contributed by atoms with Gasteiger partial charge in [-0.25, -0.2) is 0 Å². The minimum Gasteiger partial charge on any atom is -0.330 e. The van der Waals surface area contributed by atoms with E-state index in [-0.39, 0.29) is 0 Å². The highest BCUT2D eigenvalue weighted by atomic mass is 32.1. The van der Waals surface area contributed by atoms with Crippen LogP contribution in [-0.4, -0.2) is 26.4 Å². The van der Waals surface area contributed by atoms with Crippen LogP contribution in [0.2, 0.25) is 0 Å². The van der Waals surface area contributed by atoms with Gasteiger partial charge >= 0.3 is 0 Å². The molecule has 2 rings (SSSR count). The third kappa shape index (κ3) is 1.54. The molecule has 0 aromatic carbocycles. The Bertz CT molecular complexity index is 404.